The monoisotopic (exact) mass is 354 g/mol. The summed E-state index contributed by atoms with van der Waals surface area (Å²) in [4.78, 5) is 23.3. The lowest BCUT2D eigenvalue weighted by Crippen LogP contribution is -2.06. The lowest BCUT2D eigenvalue weighted by Gasteiger charge is -2.07. The second-order valence-corrected chi connectivity index (χ2v) is 6.12. The van der Waals surface area contributed by atoms with E-state index >= 15 is 0 Å². The van der Waals surface area contributed by atoms with Crippen molar-refractivity contribution in [3.05, 3.63) is 71.3 Å². The topological polar surface area (TPSA) is 52.6 Å². The first-order chi connectivity index (χ1) is 12.7. The summed E-state index contributed by atoms with van der Waals surface area (Å²) in [6, 6.07) is 17.8. The normalized spacial score (nSPS) is 10.3. The van der Waals surface area contributed by atoms with E-state index in [0.29, 0.717) is 32.5 Å². The minimum absolute atomic E-state index is 0.148. The molecule has 0 amide bonds. The van der Waals surface area contributed by atoms with Gasteiger partial charge in [-0.15, -0.1) is 0 Å². The van der Waals surface area contributed by atoms with Gasteiger partial charge in [0.2, 0.25) is 0 Å². The Hall–Kier alpha value is -2.62. The predicted octanol–water partition coefficient (Wildman–Crippen LogP) is 4.25. The Morgan fingerprint density at radius 1 is 0.769 bits per heavy atom. The molecule has 0 aliphatic carbocycles. The van der Waals surface area contributed by atoms with E-state index in [4.69, 9.17) is 9.47 Å². The van der Waals surface area contributed by atoms with E-state index in [1.165, 1.54) is 5.56 Å². The third kappa shape index (κ3) is 7.51. The van der Waals surface area contributed by atoms with Crippen LogP contribution in [0, 0.1) is 0 Å². The Kier molecular flexibility index (Phi) is 8.40. The fourth-order valence-corrected chi connectivity index (χ4v) is 2.67. The molecule has 2 aromatic carbocycles. The number of carbonyl (C=O) groups is 2. The molecule has 0 heterocycles. The zero-order valence-corrected chi connectivity index (χ0v) is 15.3. The highest BCUT2D eigenvalue weighted by molar-refractivity contribution is 5.70. The van der Waals surface area contributed by atoms with Gasteiger partial charge in [-0.25, -0.2) is 0 Å². The van der Waals surface area contributed by atoms with E-state index < -0.39 is 0 Å². The van der Waals surface area contributed by atoms with E-state index in [2.05, 4.69) is 6.07 Å². The van der Waals surface area contributed by atoms with Crippen molar-refractivity contribution in [2.75, 3.05) is 6.61 Å². The van der Waals surface area contributed by atoms with Gasteiger partial charge in [0.15, 0.2) is 0 Å². The zero-order valence-electron chi connectivity index (χ0n) is 15.3. The van der Waals surface area contributed by atoms with Gasteiger partial charge in [0.05, 0.1) is 6.61 Å². The van der Waals surface area contributed by atoms with E-state index in [-0.39, 0.29) is 11.9 Å². The fraction of sp³-hybridized carbons (Fsp3) is 0.364. The lowest BCUT2D eigenvalue weighted by molar-refractivity contribution is -0.145. The van der Waals surface area contributed by atoms with Crippen LogP contribution in [0.2, 0.25) is 0 Å². The highest BCUT2D eigenvalue weighted by atomic mass is 16.5. The Morgan fingerprint density at radius 3 is 2.15 bits per heavy atom. The predicted molar refractivity (Wildman–Crippen MR) is 101 cm³/mol. The van der Waals surface area contributed by atoms with Gasteiger partial charge in [0, 0.05) is 12.8 Å². The maximum atomic E-state index is 11.9. The largest absolute Gasteiger partial charge is 0.466 e. The minimum atomic E-state index is -0.193. The van der Waals surface area contributed by atoms with Crippen molar-refractivity contribution in [3.8, 4) is 0 Å². The van der Waals surface area contributed by atoms with Crippen LogP contribution >= 0.6 is 0 Å². The van der Waals surface area contributed by atoms with Crippen molar-refractivity contribution in [2.24, 2.45) is 0 Å². The average Bonchev–Trinajstić information content (AvgIpc) is 2.66. The molecule has 0 aliphatic rings. The summed E-state index contributed by atoms with van der Waals surface area (Å²) in [6.45, 7) is 2.55. The Morgan fingerprint density at radius 2 is 1.42 bits per heavy atom. The van der Waals surface area contributed by atoms with Crippen LogP contribution in [0.5, 0.6) is 0 Å². The van der Waals surface area contributed by atoms with Crippen LogP contribution in [0.3, 0.4) is 0 Å². The molecule has 0 saturated carbocycles. The number of carbonyl (C=O) groups excluding carboxylic acids is 2. The van der Waals surface area contributed by atoms with E-state index in [1.54, 1.807) is 0 Å². The molecule has 4 nitrogen and oxygen atoms in total. The maximum absolute atomic E-state index is 11.9. The summed E-state index contributed by atoms with van der Waals surface area (Å²) in [5, 5.41) is 0. The summed E-state index contributed by atoms with van der Waals surface area (Å²) < 4.78 is 10.2. The molecule has 0 N–H and O–H groups in total. The third-order valence-corrected chi connectivity index (χ3v) is 4.00. The molecular weight excluding hydrogens is 328 g/mol. The van der Waals surface area contributed by atoms with Crippen molar-refractivity contribution >= 4 is 11.9 Å². The summed E-state index contributed by atoms with van der Waals surface area (Å²) in [7, 11) is 0. The molecule has 2 rings (SSSR count). The number of rotatable bonds is 10. The first-order valence-electron chi connectivity index (χ1n) is 9.10. The van der Waals surface area contributed by atoms with Crippen LogP contribution < -0.4 is 0 Å². The van der Waals surface area contributed by atoms with E-state index in [1.807, 2.05) is 55.5 Å². The molecule has 2 aromatic rings. The number of ether oxygens (including phenoxy) is 2. The highest BCUT2D eigenvalue weighted by Gasteiger charge is 2.06. The van der Waals surface area contributed by atoms with Gasteiger partial charge in [0.25, 0.3) is 0 Å². The second-order valence-electron chi connectivity index (χ2n) is 6.12. The standard InChI is InChI=1S/C22H26O4/c1-2-25-21(23)13-7-12-18-10-6-11-19(16-18)14-15-22(24)26-17-20-8-4-3-5-9-20/h3-6,8-11,16H,2,7,12-15,17H2,1H3. The summed E-state index contributed by atoms with van der Waals surface area (Å²) in [5.74, 6) is -0.341. The van der Waals surface area contributed by atoms with Crippen LogP contribution in [-0.4, -0.2) is 18.5 Å². The molecule has 0 fully saturated rings. The molecule has 0 unspecified atom stereocenters. The summed E-state index contributed by atoms with van der Waals surface area (Å²) in [6.07, 6.45) is 3.04. The molecule has 0 aliphatic heterocycles. The van der Waals surface area contributed by atoms with Gasteiger partial charge in [-0.3, -0.25) is 9.59 Å². The molecule has 0 aromatic heterocycles. The third-order valence-electron chi connectivity index (χ3n) is 4.00. The van der Waals surface area contributed by atoms with Crippen molar-refractivity contribution < 1.29 is 19.1 Å². The van der Waals surface area contributed by atoms with E-state index in [9.17, 15) is 9.59 Å². The average molecular weight is 354 g/mol. The smallest absolute Gasteiger partial charge is 0.306 e. The number of hydrogen-bond donors (Lipinski definition) is 0. The molecule has 26 heavy (non-hydrogen) atoms. The van der Waals surface area contributed by atoms with Gasteiger partial charge in [-0.05, 0) is 42.9 Å². The molecule has 0 bridgehead atoms. The van der Waals surface area contributed by atoms with Gasteiger partial charge in [-0.2, -0.15) is 0 Å². The Labute approximate surface area is 155 Å². The number of esters is 2. The van der Waals surface area contributed by atoms with Crippen molar-refractivity contribution in [3.63, 3.8) is 0 Å². The Bertz CT molecular complexity index is 694. The van der Waals surface area contributed by atoms with Gasteiger partial charge >= 0.3 is 11.9 Å². The highest BCUT2D eigenvalue weighted by Crippen LogP contribution is 2.12. The molecule has 0 spiro atoms. The number of benzene rings is 2. The van der Waals surface area contributed by atoms with Crippen molar-refractivity contribution in [2.45, 2.75) is 45.6 Å². The molecule has 0 radical (unpaired) electrons. The van der Waals surface area contributed by atoms with Gasteiger partial charge in [-0.1, -0.05) is 54.6 Å². The zero-order chi connectivity index (χ0) is 18.6. The van der Waals surface area contributed by atoms with Gasteiger partial charge in [0.1, 0.15) is 6.61 Å². The van der Waals surface area contributed by atoms with Crippen molar-refractivity contribution in [1.29, 1.82) is 0 Å². The Balaban J connectivity index is 1.72. The second kappa shape index (κ2) is 11.1. The van der Waals surface area contributed by atoms with Crippen molar-refractivity contribution in [1.82, 2.24) is 0 Å². The van der Waals surface area contributed by atoms with Crippen LogP contribution in [0.15, 0.2) is 54.6 Å². The van der Waals surface area contributed by atoms with Crippen LogP contribution in [0.1, 0.15) is 42.9 Å². The lowest BCUT2D eigenvalue weighted by atomic mass is 10.0. The minimum Gasteiger partial charge on any atom is -0.466 e. The summed E-state index contributed by atoms with van der Waals surface area (Å²) in [5.41, 5.74) is 3.27. The number of hydrogen-bond acceptors (Lipinski definition) is 4. The molecular formula is C22H26O4. The van der Waals surface area contributed by atoms with Crippen LogP contribution in [0.4, 0.5) is 0 Å². The first kappa shape index (κ1) is 19.7. The fourth-order valence-electron chi connectivity index (χ4n) is 2.67. The maximum Gasteiger partial charge on any atom is 0.306 e. The SMILES string of the molecule is CCOC(=O)CCCc1cccc(CCC(=O)OCc2ccccc2)c1. The molecule has 138 valence electrons. The summed E-state index contributed by atoms with van der Waals surface area (Å²) >= 11 is 0. The molecule has 4 heteroatoms. The number of aryl methyl sites for hydroxylation is 2. The van der Waals surface area contributed by atoms with Gasteiger partial charge < -0.3 is 9.47 Å². The quantitative estimate of drug-likeness (QED) is 0.599. The first-order valence-corrected chi connectivity index (χ1v) is 9.10. The van der Waals surface area contributed by atoms with Crippen LogP contribution in [0.25, 0.3) is 0 Å². The molecule has 0 saturated heterocycles. The molecule has 0 atom stereocenters. The van der Waals surface area contributed by atoms with E-state index in [0.717, 1.165) is 24.0 Å². The van der Waals surface area contributed by atoms with Crippen LogP contribution in [-0.2, 0) is 38.5 Å².